The maximum absolute atomic E-state index is 13.9. The quantitative estimate of drug-likeness (QED) is 0.0511. The first-order valence-corrected chi connectivity index (χ1v) is 19.5. The molecule has 2 atom stereocenters. The number of aryl methyl sites for hydroxylation is 1. The van der Waals surface area contributed by atoms with E-state index in [2.05, 4.69) is 39.5 Å². The topological polar surface area (TPSA) is 144 Å². The Labute approximate surface area is 322 Å². The number of pyridine rings is 1. The van der Waals surface area contributed by atoms with Crippen molar-refractivity contribution in [1.82, 2.24) is 15.2 Å². The number of phenolic OH excluding ortho intramolecular Hbond substituents is 1. The number of nitrogens with one attached hydrogen (secondary N) is 2. The highest BCUT2D eigenvalue weighted by Gasteiger charge is 2.42. The molecule has 2 heterocycles. The van der Waals surface area contributed by atoms with E-state index in [1.807, 2.05) is 37.3 Å². The summed E-state index contributed by atoms with van der Waals surface area (Å²) < 4.78 is 12.0. The van der Waals surface area contributed by atoms with E-state index < -0.39 is 17.7 Å². The summed E-state index contributed by atoms with van der Waals surface area (Å²) in [4.78, 5) is 30.7. The number of aliphatic hydroxyl groups excluding tert-OH is 1. The molecule has 0 amide bonds. The van der Waals surface area contributed by atoms with Crippen molar-refractivity contribution < 1.29 is 29.6 Å². The number of benzene rings is 4. The Morgan fingerprint density at radius 1 is 0.909 bits per heavy atom. The third-order valence-corrected chi connectivity index (χ3v) is 10.6. The molecule has 0 saturated carbocycles. The number of piperidine rings is 1. The fourth-order valence-corrected chi connectivity index (χ4v) is 7.30. The molecule has 0 bridgehead atoms. The number of likely N-dealkylation sites (tertiary alicyclic amines) is 1. The van der Waals surface area contributed by atoms with E-state index in [9.17, 15) is 24.9 Å². The molecule has 4 aromatic carbocycles. The molecule has 1 saturated heterocycles. The summed E-state index contributed by atoms with van der Waals surface area (Å²) >= 11 is 0. The van der Waals surface area contributed by atoms with Crippen LogP contribution in [-0.2, 0) is 28.1 Å². The second-order valence-corrected chi connectivity index (χ2v) is 14.5. The lowest BCUT2D eigenvalue weighted by Crippen LogP contribution is -2.40. The minimum Gasteiger partial charge on any atom is -0.506 e. The minimum absolute atomic E-state index is 0.0395. The molecular weight excluding hydrogens is 695 g/mol. The van der Waals surface area contributed by atoms with E-state index in [1.165, 1.54) is 17.7 Å². The SMILES string of the molecule is CCc1cccc(C(O)(C(=O)OCC2CCN(Cc3ccccc3)CC2)c2cccc(OCCCCCNC[C@H](O)c3ccc(O)c4[nH]c(=O)ccc34)c2)c1. The summed E-state index contributed by atoms with van der Waals surface area (Å²) in [6.07, 6.45) is 4.34. The number of H-pyrrole nitrogens is 1. The third-order valence-electron chi connectivity index (χ3n) is 10.6. The molecule has 1 aliphatic heterocycles. The number of esters is 1. The number of aromatic nitrogens is 1. The molecule has 5 aromatic rings. The number of aromatic hydroxyl groups is 1. The van der Waals surface area contributed by atoms with Crippen molar-refractivity contribution >= 4 is 16.9 Å². The van der Waals surface area contributed by atoms with Gasteiger partial charge >= 0.3 is 5.97 Å². The summed E-state index contributed by atoms with van der Waals surface area (Å²) in [6.45, 7) is 6.55. The van der Waals surface area contributed by atoms with E-state index in [4.69, 9.17) is 9.47 Å². The predicted octanol–water partition coefficient (Wildman–Crippen LogP) is 6.36. The van der Waals surface area contributed by atoms with Crippen LogP contribution in [-0.4, -0.2) is 70.6 Å². The number of fused-ring (bicyclic) bond motifs is 1. The summed E-state index contributed by atoms with van der Waals surface area (Å²) in [7, 11) is 0. The maximum Gasteiger partial charge on any atom is 0.347 e. The molecule has 0 aliphatic carbocycles. The molecule has 1 unspecified atom stereocenters. The fraction of sp³-hybridized carbons (Fsp3) is 0.378. The Morgan fingerprint density at radius 2 is 1.65 bits per heavy atom. The van der Waals surface area contributed by atoms with Gasteiger partial charge < -0.3 is 35.1 Å². The van der Waals surface area contributed by atoms with Crippen LogP contribution in [0.4, 0.5) is 0 Å². The standard InChI is InChI=1S/C45H53N3O7/c1-2-32-13-9-14-35(27-32)45(53,44(52)55-31-34-21-24-48(25-22-34)30-33-11-5-3-6-12-33)36-15-10-16-37(28-36)54-26-8-4-7-23-46-29-41(50)38-17-19-40(49)43-39(38)18-20-42(51)47-43/h3,5-6,9-20,27-28,34,41,46,49-50,53H,2,4,7-8,21-26,29-31H2,1H3,(H,47,51)/t41-,45?/m0/s1. The number of aliphatic hydroxyl groups is 2. The molecule has 1 aliphatic rings. The van der Waals surface area contributed by atoms with Crippen molar-refractivity contribution in [2.75, 3.05) is 39.4 Å². The van der Waals surface area contributed by atoms with Crippen LogP contribution in [0.5, 0.6) is 11.5 Å². The molecule has 6 rings (SSSR count). The van der Waals surface area contributed by atoms with Gasteiger partial charge in [-0.25, -0.2) is 4.79 Å². The van der Waals surface area contributed by atoms with Crippen LogP contribution in [0.2, 0.25) is 0 Å². The predicted molar refractivity (Wildman–Crippen MR) is 214 cm³/mol. The van der Waals surface area contributed by atoms with Gasteiger partial charge in [-0.15, -0.1) is 0 Å². The van der Waals surface area contributed by atoms with Crippen molar-refractivity contribution in [1.29, 1.82) is 0 Å². The lowest BCUT2D eigenvalue weighted by molar-refractivity contribution is -0.164. The molecule has 10 heteroatoms. The number of unbranched alkanes of at least 4 members (excludes halogenated alkanes) is 2. The van der Waals surface area contributed by atoms with Gasteiger partial charge in [-0.1, -0.05) is 79.7 Å². The Bertz CT molecular complexity index is 2060. The number of nitrogens with zero attached hydrogens (tertiary/aromatic N) is 1. The highest BCUT2D eigenvalue weighted by Crippen LogP contribution is 2.35. The van der Waals surface area contributed by atoms with Crippen LogP contribution in [0.25, 0.3) is 10.9 Å². The summed E-state index contributed by atoms with van der Waals surface area (Å²) in [5.41, 5.74) is 1.79. The summed E-state index contributed by atoms with van der Waals surface area (Å²) in [5, 5.41) is 37.1. The Balaban J connectivity index is 0.990. The van der Waals surface area contributed by atoms with Crippen LogP contribution in [0.15, 0.2) is 108 Å². The number of carbonyl (C=O) groups is 1. The van der Waals surface area contributed by atoms with Gasteiger partial charge in [0.15, 0.2) is 0 Å². The zero-order valence-corrected chi connectivity index (χ0v) is 31.6. The minimum atomic E-state index is -2.00. The number of carbonyl (C=O) groups excluding carboxylic acids is 1. The van der Waals surface area contributed by atoms with Gasteiger partial charge in [0.2, 0.25) is 11.2 Å². The van der Waals surface area contributed by atoms with Gasteiger partial charge in [-0.2, -0.15) is 0 Å². The van der Waals surface area contributed by atoms with Crippen LogP contribution >= 0.6 is 0 Å². The zero-order valence-electron chi connectivity index (χ0n) is 31.6. The number of ether oxygens (including phenoxy) is 2. The van der Waals surface area contributed by atoms with Gasteiger partial charge in [0.05, 0.1) is 24.8 Å². The molecule has 0 radical (unpaired) electrons. The fourth-order valence-electron chi connectivity index (χ4n) is 7.30. The van der Waals surface area contributed by atoms with Crippen molar-refractivity contribution in [3.05, 3.63) is 141 Å². The van der Waals surface area contributed by atoms with Crippen molar-refractivity contribution in [3.8, 4) is 11.5 Å². The lowest BCUT2D eigenvalue weighted by atomic mass is 9.85. The molecule has 1 aromatic heterocycles. The Kier molecular flexibility index (Phi) is 13.7. The largest absolute Gasteiger partial charge is 0.506 e. The summed E-state index contributed by atoms with van der Waals surface area (Å²) in [6, 6.07) is 31.2. The Morgan fingerprint density at radius 3 is 2.44 bits per heavy atom. The van der Waals surface area contributed by atoms with E-state index in [1.54, 1.807) is 36.4 Å². The third kappa shape index (κ3) is 10.2. The maximum atomic E-state index is 13.9. The van der Waals surface area contributed by atoms with E-state index >= 15 is 0 Å². The Hall–Kier alpha value is -5.00. The van der Waals surface area contributed by atoms with Crippen LogP contribution < -0.4 is 15.6 Å². The first kappa shape index (κ1) is 39.7. The molecule has 290 valence electrons. The van der Waals surface area contributed by atoms with Crippen LogP contribution in [0.3, 0.4) is 0 Å². The normalized spacial score (nSPS) is 15.4. The van der Waals surface area contributed by atoms with Crippen molar-refractivity contribution in [2.24, 2.45) is 5.92 Å². The van der Waals surface area contributed by atoms with Gasteiger partial charge in [-0.05, 0) is 111 Å². The van der Waals surface area contributed by atoms with Crippen LogP contribution in [0.1, 0.15) is 72.9 Å². The first-order chi connectivity index (χ1) is 26.7. The average molecular weight is 748 g/mol. The van der Waals surface area contributed by atoms with Gasteiger partial charge in [-0.3, -0.25) is 9.69 Å². The average Bonchev–Trinajstić information content (AvgIpc) is 3.21. The number of rotatable bonds is 18. The molecule has 10 nitrogen and oxygen atoms in total. The second kappa shape index (κ2) is 19.0. The molecule has 0 spiro atoms. The van der Waals surface area contributed by atoms with Crippen molar-refractivity contribution in [3.63, 3.8) is 0 Å². The molecule has 55 heavy (non-hydrogen) atoms. The van der Waals surface area contributed by atoms with Gasteiger partial charge in [0, 0.05) is 30.1 Å². The monoisotopic (exact) mass is 747 g/mol. The smallest absolute Gasteiger partial charge is 0.347 e. The van der Waals surface area contributed by atoms with Crippen LogP contribution in [0, 0.1) is 5.92 Å². The highest BCUT2D eigenvalue weighted by molar-refractivity contribution is 5.87. The van der Waals surface area contributed by atoms with E-state index in [-0.39, 0.29) is 23.8 Å². The molecule has 5 N–H and O–H groups in total. The van der Waals surface area contributed by atoms with E-state index in [0.717, 1.165) is 63.7 Å². The lowest BCUT2D eigenvalue weighted by Gasteiger charge is -2.33. The van der Waals surface area contributed by atoms with Crippen molar-refractivity contribution in [2.45, 2.75) is 63.7 Å². The number of hydrogen-bond donors (Lipinski definition) is 5. The molecule has 1 fully saturated rings. The summed E-state index contributed by atoms with van der Waals surface area (Å²) in [5.74, 6) is 0.0627. The number of aromatic amines is 1. The zero-order chi connectivity index (χ0) is 38.6. The number of hydrogen-bond acceptors (Lipinski definition) is 9. The number of phenols is 1. The second-order valence-electron chi connectivity index (χ2n) is 14.5. The first-order valence-electron chi connectivity index (χ1n) is 19.5. The van der Waals surface area contributed by atoms with Gasteiger partial charge in [0.1, 0.15) is 11.5 Å². The highest BCUT2D eigenvalue weighted by atomic mass is 16.5. The molecular formula is C45H53N3O7. The van der Waals surface area contributed by atoms with E-state index in [0.29, 0.717) is 53.0 Å². The van der Waals surface area contributed by atoms with Gasteiger partial charge in [0.25, 0.3) is 0 Å².